The lowest BCUT2D eigenvalue weighted by Gasteiger charge is -2.02. The highest BCUT2D eigenvalue weighted by Crippen LogP contribution is 2.36. The minimum atomic E-state index is -0.116. The molecule has 9 heteroatoms. The highest BCUT2D eigenvalue weighted by atomic mass is 32.2. The summed E-state index contributed by atoms with van der Waals surface area (Å²) in [5.41, 5.74) is 0.991. The molecule has 2 aromatic rings. The average molecular weight is 293 g/mol. The van der Waals surface area contributed by atoms with E-state index in [1.807, 2.05) is 13.0 Å². The van der Waals surface area contributed by atoms with Gasteiger partial charge in [0.15, 0.2) is 5.82 Å². The number of aryl methyl sites for hydroxylation is 1. The number of nitrogens with zero attached hydrogens (tertiary/aromatic N) is 5. The first kappa shape index (κ1) is 13.1. The van der Waals surface area contributed by atoms with Crippen LogP contribution in [0.5, 0.6) is 0 Å². The van der Waals surface area contributed by atoms with E-state index in [-0.39, 0.29) is 11.7 Å². The smallest absolute Gasteiger partial charge is 0.236 e. The fourth-order valence-corrected chi connectivity index (χ4v) is 2.49. The second-order valence-corrected chi connectivity index (χ2v) is 5.55. The summed E-state index contributed by atoms with van der Waals surface area (Å²) in [5.74, 6) is 0.699. The molecule has 0 aromatic carbocycles. The predicted molar refractivity (Wildman–Crippen MR) is 73.4 cm³/mol. The average Bonchev–Trinajstić information content (AvgIpc) is 3.01. The molecule has 1 aliphatic rings. The molecule has 0 spiro atoms. The number of nitrogens with one attached hydrogen (secondary N) is 2. The van der Waals surface area contributed by atoms with Crippen LogP contribution < -0.4 is 5.32 Å². The van der Waals surface area contributed by atoms with Crippen molar-refractivity contribution < 1.29 is 4.79 Å². The van der Waals surface area contributed by atoms with Crippen LogP contribution in [0.25, 0.3) is 0 Å². The topological polar surface area (TPSA) is 101 Å². The highest BCUT2D eigenvalue weighted by Gasteiger charge is 2.28. The van der Waals surface area contributed by atoms with Crippen molar-refractivity contribution in [2.75, 3.05) is 11.1 Å². The molecule has 0 radical (unpaired) electrons. The van der Waals surface area contributed by atoms with Crippen molar-refractivity contribution in [3.8, 4) is 0 Å². The van der Waals surface area contributed by atoms with Gasteiger partial charge in [0.05, 0.1) is 11.8 Å². The van der Waals surface area contributed by atoms with Gasteiger partial charge in [0.1, 0.15) is 0 Å². The molecule has 0 unspecified atom stereocenters. The summed E-state index contributed by atoms with van der Waals surface area (Å²) in [5, 5.41) is 21.8. The number of thioether (sulfide) groups is 1. The number of tetrazole rings is 1. The maximum absolute atomic E-state index is 11.8. The normalized spacial score (nSPS) is 14.4. The summed E-state index contributed by atoms with van der Waals surface area (Å²) in [6.45, 7) is 2.02. The Kier molecular flexibility index (Phi) is 3.68. The van der Waals surface area contributed by atoms with Gasteiger partial charge < -0.3 is 5.32 Å². The summed E-state index contributed by atoms with van der Waals surface area (Å²) in [7, 11) is 0. The number of rotatable bonds is 6. The zero-order chi connectivity index (χ0) is 13.9. The Bertz CT molecular complexity index is 603. The lowest BCUT2D eigenvalue weighted by Crippen LogP contribution is -2.15. The van der Waals surface area contributed by atoms with E-state index in [0.717, 1.165) is 25.0 Å². The summed E-state index contributed by atoms with van der Waals surface area (Å²) in [6.07, 6.45) is 3.07. The van der Waals surface area contributed by atoms with E-state index >= 15 is 0 Å². The second-order valence-electron chi connectivity index (χ2n) is 4.61. The molecule has 2 aromatic heterocycles. The van der Waals surface area contributed by atoms with Crippen molar-refractivity contribution in [2.45, 2.75) is 37.4 Å². The fourth-order valence-electron chi connectivity index (χ4n) is 1.74. The Labute approximate surface area is 119 Å². The Morgan fingerprint density at radius 1 is 1.60 bits per heavy atom. The van der Waals surface area contributed by atoms with Gasteiger partial charge in [-0.3, -0.25) is 9.89 Å². The number of hydrogen-bond donors (Lipinski definition) is 2. The maximum Gasteiger partial charge on any atom is 0.236 e. The third kappa shape index (κ3) is 2.98. The number of H-pyrrole nitrogens is 1. The predicted octanol–water partition coefficient (Wildman–Crippen LogP) is 1.02. The van der Waals surface area contributed by atoms with Gasteiger partial charge in [-0.15, -0.1) is 5.10 Å². The van der Waals surface area contributed by atoms with Crippen LogP contribution in [-0.4, -0.2) is 42.1 Å². The van der Waals surface area contributed by atoms with Gasteiger partial charge in [0.2, 0.25) is 11.1 Å². The molecular weight excluding hydrogens is 278 g/mol. The molecule has 1 aliphatic carbocycles. The number of amides is 1. The van der Waals surface area contributed by atoms with Gasteiger partial charge in [-0.25, -0.2) is 4.68 Å². The van der Waals surface area contributed by atoms with Crippen molar-refractivity contribution in [3.63, 3.8) is 0 Å². The molecule has 1 saturated carbocycles. The largest absolute Gasteiger partial charge is 0.308 e. The molecule has 0 aliphatic heterocycles. The minimum Gasteiger partial charge on any atom is -0.308 e. The molecule has 2 heterocycles. The molecule has 3 rings (SSSR count). The third-order valence-corrected chi connectivity index (χ3v) is 3.90. The number of carbonyl (C=O) groups excluding carboxylic acids is 1. The molecule has 20 heavy (non-hydrogen) atoms. The van der Waals surface area contributed by atoms with Crippen LogP contribution in [0.3, 0.4) is 0 Å². The Balaban J connectivity index is 1.52. The molecule has 106 valence electrons. The highest BCUT2D eigenvalue weighted by molar-refractivity contribution is 7.99. The lowest BCUT2D eigenvalue weighted by atomic mass is 10.3. The van der Waals surface area contributed by atoms with Crippen molar-refractivity contribution >= 4 is 23.5 Å². The van der Waals surface area contributed by atoms with Crippen LogP contribution in [0.4, 0.5) is 5.82 Å². The Morgan fingerprint density at radius 2 is 2.45 bits per heavy atom. The van der Waals surface area contributed by atoms with Gasteiger partial charge in [0, 0.05) is 11.8 Å². The zero-order valence-corrected chi connectivity index (χ0v) is 11.9. The van der Waals surface area contributed by atoms with E-state index in [9.17, 15) is 4.79 Å². The molecular formula is C11H15N7OS. The van der Waals surface area contributed by atoms with Crippen molar-refractivity contribution in [2.24, 2.45) is 0 Å². The van der Waals surface area contributed by atoms with Crippen LogP contribution >= 0.6 is 11.8 Å². The number of anilines is 1. The number of hydrogen-bond acceptors (Lipinski definition) is 6. The quantitative estimate of drug-likeness (QED) is 0.771. The van der Waals surface area contributed by atoms with Gasteiger partial charge in [0.25, 0.3) is 0 Å². The van der Waals surface area contributed by atoms with Gasteiger partial charge in [-0.1, -0.05) is 18.7 Å². The lowest BCUT2D eigenvalue weighted by molar-refractivity contribution is -0.113. The van der Waals surface area contributed by atoms with Crippen LogP contribution in [0.2, 0.25) is 0 Å². The molecule has 8 nitrogen and oxygen atoms in total. The van der Waals surface area contributed by atoms with E-state index in [4.69, 9.17) is 0 Å². The van der Waals surface area contributed by atoms with Gasteiger partial charge in [-0.05, 0) is 29.7 Å². The van der Waals surface area contributed by atoms with Crippen molar-refractivity contribution in [1.82, 2.24) is 30.4 Å². The summed E-state index contributed by atoms with van der Waals surface area (Å²) in [6, 6.07) is 2.24. The van der Waals surface area contributed by atoms with Gasteiger partial charge in [-0.2, -0.15) is 5.10 Å². The van der Waals surface area contributed by atoms with Crippen molar-refractivity contribution in [3.05, 3.63) is 11.8 Å². The molecule has 2 N–H and O–H groups in total. The van der Waals surface area contributed by atoms with Crippen LogP contribution in [-0.2, 0) is 11.2 Å². The van der Waals surface area contributed by atoms with E-state index in [1.165, 1.54) is 11.8 Å². The number of aromatic nitrogens is 6. The molecule has 0 saturated heterocycles. The third-order valence-electron chi connectivity index (χ3n) is 2.97. The maximum atomic E-state index is 11.8. The monoisotopic (exact) mass is 293 g/mol. The SMILES string of the molecule is CCc1cc(NC(=O)CSc2nnnn2C2CC2)n[nH]1. The molecule has 1 fully saturated rings. The second kappa shape index (κ2) is 5.61. The van der Waals surface area contributed by atoms with Gasteiger partial charge >= 0.3 is 0 Å². The summed E-state index contributed by atoms with van der Waals surface area (Å²) >= 11 is 1.34. The molecule has 1 amide bonds. The number of aromatic amines is 1. The Hall–Kier alpha value is -1.90. The molecule has 0 bridgehead atoms. The van der Waals surface area contributed by atoms with Crippen LogP contribution in [0.15, 0.2) is 11.2 Å². The van der Waals surface area contributed by atoms with E-state index in [0.29, 0.717) is 17.0 Å². The minimum absolute atomic E-state index is 0.116. The zero-order valence-electron chi connectivity index (χ0n) is 11.0. The van der Waals surface area contributed by atoms with E-state index < -0.39 is 0 Å². The fraction of sp³-hybridized carbons (Fsp3) is 0.545. The Morgan fingerprint density at radius 3 is 3.15 bits per heavy atom. The first-order valence-corrected chi connectivity index (χ1v) is 7.49. The summed E-state index contributed by atoms with van der Waals surface area (Å²) < 4.78 is 1.79. The standard InChI is InChI=1S/C11H15N7OS/c1-2-7-5-9(14-13-7)12-10(19)6-20-11-15-16-17-18(11)8-3-4-8/h5,8H,2-4,6H2,1H3,(H2,12,13,14,19). The molecule has 0 atom stereocenters. The summed E-state index contributed by atoms with van der Waals surface area (Å²) in [4.78, 5) is 11.8. The number of carbonyl (C=O) groups is 1. The van der Waals surface area contributed by atoms with Crippen LogP contribution in [0, 0.1) is 0 Å². The van der Waals surface area contributed by atoms with Crippen LogP contribution in [0.1, 0.15) is 31.5 Å². The van der Waals surface area contributed by atoms with Crippen molar-refractivity contribution in [1.29, 1.82) is 0 Å². The van der Waals surface area contributed by atoms with E-state index in [2.05, 4.69) is 31.0 Å². The first-order valence-electron chi connectivity index (χ1n) is 6.51. The van der Waals surface area contributed by atoms with E-state index in [1.54, 1.807) is 4.68 Å². The first-order chi connectivity index (χ1) is 9.76.